The number of carbonyl (C=O) groups is 3. The van der Waals surface area contributed by atoms with E-state index in [1.54, 1.807) is 11.0 Å². The monoisotopic (exact) mass is 542 g/mol. The van der Waals surface area contributed by atoms with Crippen molar-refractivity contribution >= 4 is 29.1 Å². The fourth-order valence-corrected chi connectivity index (χ4v) is 6.05. The Morgan fingerprint density at radius 2 is 1.75 bits per heavy atom. The van der Waals surface area contributed by atoms with Gasteiger partial charge in [-0.15, -0.1) is 6.58 Å². The van der Waals surface area contributed by atoms with E-state index in [1.165, 1.54) is 25.7 Å². The van der Waals surface area contributed by atoms with Crippen molar-refractivity contribution in [3.8, 4) is 0 Å². The number of primary amides is 1. The predicted octanol–water partition coefficient (Wildman–Crippen LogP) is 5.23. The number of benzene rings is 2. The van der Waals surface area contributed by atoms with E-state index in [1.807, 2.05) is 68.4 Å². The maximum absolute atomic E-state index is 14.2. The molecule has 1 saturated carbocycles. The van der Waals surface area contributed by atoms with E-state index in [0.29, 0.717) is 24.6 Å². The number of nitrogens with zero attached hydrogens (tertiary/aromatic N) is 2. The van der Waals surface area contributed by atoms with Gasteiger partial charge in [-0.3, -0.25) is 14.4 Å². The molecule has 40 heavy (non-hydrogen) atoms. The third-order valence-electron chi connectivity index (χ3n) is 8.10. The Morgan fingerprint density at radius 3 is 2.40 bits per heavy atom. The first kappa shape index (κ1) is 29.2. The molecule has 4 rings (SSSR count). The molecule has 7 nitrogen and oxygen atoms in total. The lowest BCUT2D eigenvalue weighted by Crippen LogP contribution is -2.51. The second-order valence-corrected chi connectivity index (χ2v) is 11.5. The predicted molar refractivity (Wildman–Crippen MR) is 160 cm³/mol. The number of allylic oxidation sites excluding steroid dienone is 1. The molecule has 212 valence electrons. The second kappa shape index (κ2) is 13.6. The van der Waals surface area contributed by atoms with Crippen LogP contribution in [-0.2, 0) is 14.4 Å². The van der Waals surface area contributed by atoms with E-state index in [4.69, 9.17) is 10.7 Å². The van der Waals surface area contributed by atoms with Crippen LogP contribution < -0.4 is 16.0 Å². The average molecular weight is 543 g/mol. The van der Waals surface area contributed by atoms with Crippen molar-refractivity contribution in [2.75, 3.05) is 11.4 Å². The van der Waals surface area contributed by atoms with Gasteiger partial charge in [0.05, 0.1) is 23.2 Å². The maximum atomic E-state index is 14.2. The molecule has 2 aliphatic rings. The van der Waals surface area contributed by atoms with E-state index in [2.05, 4.69) is 11.9 Å². The summed E-state index contributed by atoms with van der Waals surface area (Å²) in [6.07, 6.45) is 6.96. The highest BCUT2D eigenvalue weighted by Crippen LogP contribution is 2.32. The number of rotatable bonds is 12. The summed E-state index contributed by atoms with van der Waals surface area (Å²) in [7, 11) is 0. The molecular weight excluding hydrogens is 500 g/mol. The summed E-state index contributed by atoms with van der Waals surface area (Å²) in [6, 6.07) is 17.5. The van der Waals surface area contributed by atoms with Crippen LogP contribution in [0.5, 0.6) is 0 Å². The standard InChI is InChI=1S/C33H42N4O3/c1-4-12-25(30(34)38)27(21-22(2)3)32(39)36-31-33(40)37(20-19-23-13-8-9-14-23)28-18-11-10-17-26(28)29(35-31)24-15-6-5-7-16-24/h4-7,10-11,15-18,22-23,25,27,31H,1,8-9,12-14,19-21H2,2-3H3,(H2,34,38)(H,36,39)/t25-,27+,31?/m0/s1. The lowest BCUT2D eigenvalue weighted by atomic mass is 9.82. The number of fused-ring (bicyclic) bond motifs is 1. The number of amides is 3. The van der Waals surface area contributed by atoms with Crippen molar-refractivity contribution in [3.05, 3.63) is 78.4 Å². The summed E-state index contributed by atoms with van der Waals surface area (Å²) in [4.78, 5) is 47.1. The first-order valence-electron chi connectivity index (χ1n) is 14.5. The Hall–Kier alpha value is -3.74. The smallest absolute Gasteiger partial charge is 0.272 e. The molecule has 1 unspecified atom stereocenters. The highest BCUT2D eigenvalue weighted by molar-refractivity contribution is 6.20. The molecule has 1 heterocycles. The van der Waals surface area contributed by atoms with Crippen molar-refractivity contribution in [2.24, 2.45) is 34.4 Å². The fourth-order valence-electron chi connectivity index (χ4n) is 6.05. The number of carbonyl (C=O) groups excluding carboxylic acids is 3. The number of anilines is 1. The maximum Gasteiger partial charge on any atom is 0.272 e. The molecule has 0 radical (unpaired) electrons. The average Bonchev–Trinajstić information content (AvgIpc) is 3.43. The molecular formula is C33H42N4O3. The molecule has 1 fully saturated rings. The van der Waals surface area contributed by atoms with Crippen LogP contribution >= 0.6 is 0 Å². The van der Waals surface area contributed by atoms with Gasteiger partial charge in [-0.25, -0.2) is 4.99 Å². The van der Waals surface area contributed by atoms with E-state index in [9.17, 15) is 14.4 Å². The van der Waals surface area contributed by atoms with Crippen LogP contribution in [0.2, 0.25) is 0 Å². The van der Waals surface area contributed by atoms with Crippen molar-refractivity contribution in [1.29, 1.82) is 0 Å². The summed E-state index contributed by atoms with van der Waals surface area (Å²) in [5, 5.41) is 2.94. The molecule has 1 aliphatic heterocycles. The van der Waals surface area contributed by atoms with Crippen molar-refractivity contribution in [1.82, 2.24) is 5.32 Å². The number of benzodiazepines with no additional fused rings is 1. The minimum atomic E-state index is -1.13. The summed E-state index contributed by atoms with van der Waals surface area (Å²) in [5.74, 6) is -1.89. The Morgan fingerprint density at radius 1 is 1.07 bits per heavy atom. The van der Waals surface area contributed by atoms with E-state index >= 15 is 0 Å². The van der Waals surface area contributed by atoms with Crippen LogP contribution in [0.25, 0.3) is 0 Å². The van der Waals surface area contributed by atoms with Gasteiger partial charge in [0.2, 0.25) is 18.0 Å². The SMILES string of the molecule is C=CC[C@H](C(N)=O)[C@@H](CC(C)C)C(=O)NC1N=C(c2ccccc2)c2ccccc2N(CCC2CCCC2)C1=O. The number of para-hydroxylation sites is 1. The molecule has 3 N–H and O–H groups in total. The van der Waals surface area contributed by atoms with Crippen molar-refractivity contribution < 1.29 is 14.4 Å². The zero-order chi connectivity index (χ0) is 28.6. The van der Waals surface area contributed by atoms with Crippen LogP contribution in [0, 0.1) is 23.7 Å². The fraction of sp³-hybridized carbons (Fsp3) is 0.455. The Bertz CT molecular complexity index is 1230. The minimum Gasteiger partial charge on any atom is -0.369 e. The molecule has 0 aromatic heterocycles. The number of nitrogens with one attached hydrogen (secondary N) is 1. The quantitative estimate of drug-likeness (QED) is 0.359. The number of nitrogens with two attached hydrogens (primary N) is 1. The zero-order valence-corrected chi connectivity index (χ0v) is 23.7. The molecule has 0 saturated heterocycles. The summed E-state index contributed by atoms with van der Waals surface area (Å²) in [6.45, 7) is 8.30. The summed E-state index contributed by atoms with van der Waals surface area (Å²) in [5.41, 5.74) is 8.89. The Labute approximate surface area is 237 Å². The Kier molecular flexibility index (Phi) is 9.91. The van der Waals surface area contributed by atoms with Crippen molar-refractivity contribution in [3.63, 3.8) is 0 Å². The van der Waals surface area contributed by atoms with Crippen molar-refractivity contribution in [2.45, 2.75) is 65.0 Å². The molecule has 3 amide bonds. The molecule has 2 aromatic carbocycles. The van der Waals surface area contributed by atoms with Crippen LogP contribution in [-0.4, -0.2) is 36.1 Å². The molecule has 7 heteroatoms. The highest BCUT2D eigenvalue weighted by atomic mass is 16.2. The largest absolute Gasteiger partial charge is 0.369 e. The molecule has 0 spiro atoms. The van der Waals surface area contributed by atoms with E-state index in [0.717, 1.165) is 23.2 Å². The topological polar surface area (TPSA) is 105 Å². The van der Waals surface area contributed by atoms with Gasteiger partial charge >= 0.3 is 0 Å². The minimum absolute atomic E-state index is 0.141. The molecule has 3 atom stereocenters. The normalized spacial score (nSPS) is 19.0. The van der Waals surface area contributed by atoms with Gasteiger partial charge in [0.15, 0.2) is 0 Å². The Balaban J connectivity index is 1.74. The van der Waals surface area contributed by atoms with Gasteiger partial charge in [-0.05, 0) is 37.2 Å². The van der Waals surface area contributed by atoms with E-state index in [-0.39, 0.29) is 18.2 Å². The van der Waals surface area contributed by atoms with Gasteiger partial charge in [0, 0.05) is 17.7 Å². The van der Waals surface area contributed by atoms with Gasteiger partial charge in [-0.1, -0.05) is 94.1 Å². The lowest BCUT2D eigenvalue weighted by Gasteiger charge is -2.29. The van der Waals surface area contributed by atoms with Gasteiger partial charge in [0.1, 0.15) is 0 Å². The first-order valence-corrected chi connectivity index (χ1v) is 14.5. The van der Waals surface area contributed by atoms with Gasteiger partial charge in [-0.2, -0.15) is 0 Å². The van der Waals surface area contributed by atoms with Crippen LogP contribution in [0.3, 0.4) is 0 Å². The summed E-state index contributed by atoms with van der Waals surface area (Å²) >= 11 is 0. The van der Waals surface area contributed by atoms with Gasteiger partial charge in [0.25, 0.3) is 5.91 Å². The molecule has 1 aliphatic carbocycles. The lowest BCUT2D eigenvalue weighted by molar-refractivity contribution is -0.135. The second-order valence-electron chi connectivity index (χ2n) is 11.5. The molecule has 0 bridgehead atoms. The third-order valence-corrected chi connectivity index (χ3v) is 8.10. The number of hydrogen-bond donors (Lipinski definition) is 2. The number of aliphatic imine (C=N–C) groups is 1. The van der Waals surface area contributed by atoms with Crippen LogP contribution in [0.15, 0.2) is 72.2 Å². The third kappa shape index (κ3) is 6.87. The zero-order valence-electron chi connectivity index (χ0n) is 23.7. The van der Waals surface area contributed by atoms with Gasteiger partial charge < -0.3 is 16.0 Å². The highest BCUT2D eigenvalue weighted by Gasteiger charge is 2.37. The molecule has 2 aromatic rings. The van der Waals surface area contributed by atoms with Crippen LogP contribution in [0.4, 0.5) is 5.69 Å². The van der Waals surface area contributed by atoms with Crippen LogP contribution in [0.1, 0.15) is 69.9 Å². The number of hydrogen-bond acceptors (Lipinski definition) is 4. The first-order chi connectivity index (χ1) is 19.3. The summed E-state index contributed by atoms with van der Waals surface area (Å²) < 4.78 is 0. The van der Waals surface area contributed by atoms with E-state index < -0.39 is 29.8 Å².